The topological polar surface area (TPSA) is 84.5 Å². The highest BCUT2D eigenvalue weighted by molar-refractivity contribution is 6.05. The van der Waals surface area contributed by atoms with Crippen LogP contribution in [-0.4, -0.2) is 31.4 Å². The van der Waals surface area contributed by atoms with Gasteiger partial charge in [0.1, 0.15) is 0 Å². The van der Waals surface area contributed by atoms with E-state index in [4.69, 9.17) is 0 Å². The van der Waals surface area contributed by atoms with Crippen molar-refractivity contribution in [1.29, 1.82) is 0 Å². The molecule has 0 heterocycles. The van der Waals surface area contributed by atoms with E-state index in [-0.39, 0.29) is 11.8 Å². The number of carbonyl (C=O) groups is 3. The fourth-order valence-electron chi connectivity index (χ4n) is 2.50. The van der Waals surface area contributed by atoms with E-state index >= 15 is 0 Å². The molecular formula is C21H24N2O4. The predicted molar refractivity (Wildman–Crippen MR) is 104 cm³/mol. The number of methoxy groups -OCH3 is 1. The van der Waals surface area contributed by atoms with Crippen LogP contribution in [-0.2, 0) is 4.74 Å². The molecule has 2 aromatic rings. The lowest BCUT2D eigenvalue weighted by Gasteiger charge is -2.08. The molecule has 6 nitrogen and oxygen atoms in total. The molecule has 2 N–H and O–H groups in total. The maximum Gasteiger partial charge on any atom is 0.337 e. The zero-order chi connectivity index (χ0) is 19.6. The number of carbonyl (C=O) groups excluding carboxylic acids is 3. The maximum absolute atomic E-state index is 12.4. The lowest BCUT2D eigenvalue weighted by atomic mass is 10.1. The number of hydrogen-bond donors (Lipinski definition) is 2. The van der Waals surface area contributed by atoms with Crippen molar-refractivity contribution < 1.29 is 19.1 Å². The van der Waals surface area contributed by atoms with E-state index in [9.17, 15) is 14.4 Å². The van der Waals surface area contributed by atoms with Gasteiger partial charge in [0.15, 0.2) is 0 Å². The summed E-state index contributed by atoms with van der Waals surface area (Å²) in [6.07, 6.45) is 3.13. The van der Waals surface area contributed by atoms with Gasteiger partial charge in [-0.05, 0) is 48.9 Å². The zero-order valence-corrected chi connectivity index (χ0v) is 15.6. The largest absolute Gasteiger partial charge is 0.465 e. The molecule has 2 aromatic carbocycles. The first kappa shape index (κ1) is 20.2. The Morgan fingerprint density at radius 1 is 0.889 bits per heavy atom. The van der Waals surface area contributed by atoms with Crippen LogP contribution >= 0.6 is 0 Å². The monoisotopic (exact) mass is 368 g/mol. The van der Waals surface area contributed by atoms with Crippen LogP contribution in [0.5, 0.6) is 0 Å². The molecule has 2 amide bonds. The molecule has 0 spiro atoms. The SMILES string of the molecule is CCCCCNC(=O)c1ccc(C(=O)Nc2cccc(C(=O)OC)c2)cc1. The summed E-state index contributed by atoms with van der Waals surface area (Å²) in [6.45, 7) is 2.75. The lowest BCUT2D eigenvalue weighted by Crippen LogP contribution is -2.24. The summed E-state index contributed by atoms with van der Waals surface area (Å²) in [4.78, 5) is 36.0. The van der Waals surface area contributed by atoms with E-state index in [0.717, 1.165) is 19.3 Å². The van der Waals surface area contributed by atoms with Crippen molar-refractivity contribution in [3.63, 3.8) is 0 Å². The standard InChI is InChI=1S/C21H24N2O4/c1-3-4-5-13-22-19(24)15-9-11-16(12-10-15)20(25)23-18-8-6-7-17(14-18)21(26)27-2/h6-12,14H,3-5,13H2,1-2H3,(H,22,24)(H,23,25). The first-order valence-corrected chi connectivity index (χ1v) is 8.93. The Hall–Kier alpha value is -3.15. The average Bonchev–Trinajstić information content (AvgIpc) is 2.70. The van der Waals surface area contributed by atoms with E-state index in [1.807, 2.05) is 0 Å². The van der Waals surface area contributed by atoms with Crippen LogP contribution in [0.2, 0.25) is 0 Å². The molecule has 0 aromatic heterocycles. The molecule has 0 aliphatic rings. The summed E-state index contributed by atoms with van der Waals surface area (Å²) in [6, 6.07) is 12.9. The summed E-state index contributed by atoms with van der Waals surface area (Å²) >= 11 is 0. The second-order valence-electron chi connectivity index (χ2n) is 6.07. The van der Waals surface area contributed by atoms with Crippen molar-refractivity contribution in [2.75, 3.05) is 19.0 Å². The smallest absolute Gasteiger partial charge is 0.337 e. The molecule has 2 rings (SSSR count). The zero-order valence-electron chi connectivity index (χ0n) is 15.6. The molecule has 0 aliphatic carbocycles. The third-order valence-electron chi connectivity index (χ3n) is 4.02. The molecule has 27 heavy (non-hydrogen) atoms. The van der Waals surface area contributed by atoms with E-state index < -0.39 is 5.97 Å². The van der Waals surface area contributed by atoms with Gasteiger partial charge in [-0.3, -0.25) is 9.59 Å². The Balaban J connectivity index is 1.97. The number of benzene rings is 2. The Morgan fingerprint density at radius 2 is 1.56 bits per heavy atom. The van der Waals surface area contributed by atoms with Gasteiger partial charge in [0.25, 0.3) is 11.8 Å². The third-order valence-corrected chi connectivity index (χ3v) is 4.02. The highest BCUT2D eigenvalue weighted by Crippen LogP contribution is 2.14. The number of rotatable bonds is 8. The van der Waals surface area contributed by atoms with Gasteiger partial charge in [0, 0.05) is 23.4 Å². The molecule has 0 atom stereocenters. The van der Waals surface area contributed by atoms with Crippen LogP contribution in [0.4, 0.5) is 5.69 Å². The summed E-state index contributed by atoms with van der Waals surface area (Å²) in [7, 11) is 1.30. The van der Waals surface area contributed by atoms with E-state index in [0.29, 0.717) is 28.9 Å². The molecule has 0 aliphatic heterocycles. The molecule has 0 radical (unpaired) electrons. The van der Waals surface area contributed by atoms with Gasteiger partial charge < -0.3 is 15.4 Å². The fourth-order valence-corrected chi connectivity index (χ4v) is 2.50. The number of unbranched alkanes of at least 4 members (excludes halogenated alkanes) is 2. The average molecular weight is 368 g/mol. The highest BCUT2D eigenvalue weighted by atomic mass is 16.5. The summed E-state index contributed by atoms with van der Waals surface area (Å²) in [5.74, 6) is -0.948. The van der Waals surface area contributed by atoms with Gasteiger partial charge in [0.05, 0.1) is 12.7 Å². The van der Waals surface area contributed by atoms with Gasteiger partial charge in [0.2, 0.25) is 0 Å². The van der Waals surface area contributed by atoms with Crippen molar-refractivity contribution in [1.82, 2.24) is 5.32 Å². The molecular weight excluding hydrogens is 344 g/mol. The van der Waals surface area contributed by atoms with Crippen LogP contribution in [0.3, 0.4) is 0 Å². The van der Waals surface area contributed by atoms with Crippen molar-refractivity contribution >= 4 is 23.5 Å². The van der Waals surface area contributed by atoms with Gasteiger partial charge >= 0.3 is 5.97 Å². The van der Waals surface area contributed by atoms with Crippen LogP contribution in [0.1, 0.15) is 57.3 Å². The lowest BCUT2D eigenvalue weighted by molar-refractivity contribution is 0.0600. The number of hydrogen-bond acceptors (Lipinski definition) is 4. The molecule has 6 heteroatoms. The minimum absolute atomic E-state index is 0.149. The van der Waals surface area contributed by atoms with Crippen molar-refractivity contribution in [2.45, 2.75) is 26.2 Å². The highest BCUT2D eigenvalue weighted by Gasteiger charge is 2.11. The van der Waals surface area contributed by atoms with Gasteiger partial charge in [-0.15, -0.1) is 0 Å². The quantitative estimate of drug-likeness (QED) is 0.550. The molecule has 0 unspecified atom stereocenters. The molecule has 142 valence electrons. The fraction of sp³-hybridized carbons (Fsp3) is 0.286. The number of amides is 2. The first-order valence-electron chi connectivity index (χ1n) is 8.93. The predicted octanol–water partition coefficient (Wildman–Crippen LogP) is 3.65. The molecule has 0 bridgehead atoms. The van der Waals surface area contributed by atoms with Crippen LogP contribution in [0.25, 0.3) is 0 Å². The van der Waals surface area contributed by atoms with Crippen LogP contribution in [0.15, 0.2) is 48.5 Å². The summed E-state index contributed by atoms with van der Waals surface area (Å²) in [5, 5.41) is 5.59. The Labute approximate surface area is 158 Å². The minimum atomic E-state index is -0.472. The normalized spacial score (nSPS) is 10.1. The van der Waals surface area contributed by atoms with E-state index in [1.54, 1.807) is 48.5 Å². The van der Waals surface area contributed by atoms with Crippen molar-refractivity contribution in [2.24, 2.45) is 0 Å². The Bertz CT molecular complexity index is 800. The van der Waals surface area contributed by atoms with Gasteiger partial charge in [-0.25, -0.2) is 4.79 Å². The summed E-state index contributed by atoms with van der Waals surface area (Å²) in [5.41, 5.74) is 1.77. The Morgan fingerprint density at radius 3 is 2.19 bits per heavy atom. The van der Waals surface area contributed by atoms with Crippen molar-refractivity contribution in [3.8, 4) is 0 Å². The second kappa shape index (κ2) is 10.1. The van der Waals surface area contributed by atoms with Gasteiger partial charge in [-0.2, -0.15) is 0 Å². The number of anilines is 1. The van der Waals surface area contributed by atoms with E-state index in [1.165, 1.54) is 7.11 Å². The molecule has 0 saturated heterocycles. The third kappa shape index (κ3) is 5.95. The number of esters is 1. The van der Waals surface area contributed by atoms with Crippen LogP contribution < -0.4 is 10.6 Å². The van der Waals surface area contributed by atoms with Crippen LogP contribution in [0, 0.1) is 0 Å². The van der Waals surface area contributed by atoms with Crippen molar-refractivity contribution in [3.05, 3.63) is 65.2 Å². The number of nitrogens with one attached hydrogen (secondary N) is 2. The Kier molecular flexibility index (Phi) is 7.55. The summed E-state index contributed by atoms with van der Waals surface area (Å²) < 4.78 is 4.67. The molecule has 0 fully saturated rings. The molecule has 0 saturated carbocycles. The minimum Gasteiger partial charge on any atom is -0.465 e. The number of ether oxygens (including phenoxy) is 1. The first-order chi connectivity index (χ1) is 13.0. The maximum atomic E-state index is 12.4. The van der Waals surface area contributed by atoms with Gasteiger partial charge in [-0.1, -0.05) is 25.8 Å². The van der Waals surface area contributed by atoms with E-state index in [2.05, 4.69) is 22.3 Å². The second-order valence-corrected chi connectivity index (χ2v) is 6.07.